The number of carbonyl (C=O) groups is 1. The molecule has 8 heteroatoms. The van der Waals surface area contributed by atoms with E-state index in [0.717, 1.165) is 36.8 Å². The van der Waals surface area contributed by atoms with E-state index in [1.807, 2.05) is 13.0 Å². The lowest BCUT2D eigenvalue weighted by molar-refractivity contribution is -0.123. The summed E-state index contributed by atoms with van der Waals surface area (Å²) in [7, 11) is -3.84. The minimum absolute atomic E-state index is 0.137. The number of nitrogens with one attached hydrogen (secondary N) is 2. The van der Waals surface area contributed by atoms with Crippen LogP contribution in [0.3, 0.4) is 0 Å². The molecule has 1 aliphatic carbocycles. The first-order valence-corrected chi connectivity index (χ1v) is 10.5. The molecule has 0 spiro atoms. The highest BCUT2D eigenvalue weighted by molar-refractivity contribution is 7.89. The van der Waals surface area contributed by atoms with E-state index in [9.17, 15) is 13.2 Å². The average Bonchev–Trinajstić information content (AvgIpc) is 2.67. The van der Waals surface area contributed by atoms with E-state index < -0.39 is 15.9 Å². The summed E-state index contributed by atoms with van der Waals surface area (Å²) < 4.78 is 30.1. The molecule has 0 saturated heterocycles. The molecule has 1 amide bonds. The SMILES string of the molecule is Cc1cc(OCC(=O)NNS(=O)(=O)c2ccc3c(c2)CCCC3)ccc1Cl. The number of fused-ring (bicyclic) bond motifs is 1. The summed E-state index contributed by atoms with van der Waals surface area (Å²) in [5.41, 5.74) is 5.24. The molecular weight excluding hydrogens is 388 g/mol. The molecular formula is C19H21ClN2O4S. The minimum Gasteiger partial charge on any atom is -0.484 e. The zero-order chi connectivity index (χ0) is 19.4. The lowest BCUT2D eigenvalue weighted by atomic mass is 9.92. The number of rotatable bonds is 6. The molecule has 0 fully saturated rings. The number of hydrazine groups is 1. The summed E-state index contributed by atoms with van der Waals surface area (Å²) >= 11 is 5.93. The summed E-state index contributed by atoms with van der Waals surface area (Å²) in [6, 6.07) is 10.1. The molecule has 3 rings (SSSR count). The molecule has 0 saturated carbocycles. The molecule has 2 aromatic carbocycles. The summed E-state index contributed by atoms with van der Waals surface area (Å²) in [5.74, 6) is -0.131. The van der Waals surface area contributed by atoms with E-state index in [1.165, 1.54) is 5.56 Å². The van der Waals surface area contributed by atoms with Crippen LogP contribution in [0.25, 0.3) is 0 Å². The maximum absolute atomic E-state index is 12.4. The van der Waals surface area contributed by atoms with Crippen molar-refractivity contribution in [3.8, 4) is 5.75 Å². The Kier molecular flexibility index (Phi) is 6.04. The predicted octanol–water partition coefficient (Wildman–Crippen LogP) is 2.92. The first-order chi connectivity index (χ1) is 12.8. The molecule has 0 unspecified atom stereocenters. The van der Waals surface area contributed by atoms with Crippen LogP contribution in [0.5, 0.6) is 5.75 Å². The van der Waals surface area contributed by atoms with Crippen LogP contribution in [0, 0.1) is 6.92 Å². The van der Waals surface area contributed by atoms with Crippen LogP contribution in [0.15, 0.2) is 41.3 Å². The Morgan fingerprint density at radius 2 is 1.85 bits per heavy atom. The number of ether oxygens (including phenoxy) is 1. The van der Waals surface area contributed by atoms with Gasteiger partial charge in [0.25, 0.3) is 15.9 Å². The Hall–Kier alpha value is -2.09. The van der Waals surface area contributed by atoms with Gasteiger partial charge in [0.2, 0.25) is 0 Å². The maximum Gasteiger partial charge on any atom is 0.272 e. The fourth-order valence-electron chi connectivity index (χ4n) is 2.95. The first-order valence-electron chi connectivity index (χ1n) is 8.66. The lowest BCUT2D eigenvalue weighted by Crippen LogP contribution is -2.43. The van der Waals surface area contributed by atoms with Crippen molar-refractivity contribution in [2.75, 3.05) is 6.61 Å². The lowest BCUT2D eigenvalue weighted by Gasteiger charge is -2.17. The summed E-state index contributed by atoms with van der Waals surface area (Å²) in [5, 5.41) is 0.601. The van der Waals surface area contributed by atoms with Crippen molar-refractivity contribution in [3.63, 3.8) is 0 Å². The second-order valence-corrected chi connectivity index (χ2v) is 8.58. The van der Waals surface area contributed by atoms with E-state index in [1.54, 1.807) is 30.3 Å². The Morgan fingerprint density at radius 3 is 2.59 bits per heavy atom. The average molecular weight is 409 g/mol. The van der Waals surface area contributed by atoms with Crippen LogP contribution in [0.2, 0.25) is 5.02 Å². The van der Waals surface area contributed by atoms with Gasteiger partial charge in [-0.3, -0.25) is 10.2 Å². The molecule has 0 aliphatic heterocycles. The molecule has 2 aromatic rings. The summed E-state index contributed by atoms with van der Waals surface area (Å²) in [6.45, 7) is 1.50. The normalized spacial score (nSPS) is 13.7. The van der Waals surface area contributed by atoms with Crippen molar-refractivity contribution in [2.24, 2.45) is 0 Å². The Balaban J connectivity index is 1.56. The third-order valence-corrected chi connectivity index (χ3v) is 6.12. The quantitative estimate of drug-likeness (QED) is 0.720. The second kappa shape index (κ2) is 8.29. The van der Waals surface area contributed by atoms with Gasteiger partial charge in [0, 0.05) is 5.02 Å². The van der Waals surface area contributed by atoms with Gasteiger partial charge in [-0.1, -0.05) is 17.7 Å². The van der Waals surface area contributed by atoms with Crippen molar-refractivity contribution in [3.05, 3.63) is 58.1 Å². The van der Waals surface area contributed by atoms with Crippen LogP contribution in [-0.2, 0) is 27.7 Å². The van der Waals surface area contributed by atoms with Gasteiger partial charge in [0.05, 0.1) is 4.90 Å². The van der Waals surface area contributed by atoms with Crippen LogP contribution >= 0.6 is 11.6 Å². The molecule has 0 radical (unpaired) electrons. The number of sulfonamides is 1. The molecule has 0 aromatic heterocycles. The summed E-state index contributed by atoms with van der Waals surface area (Å²) in [6.07, 6.45) is 4.03. The minimum atomic E-state index is -3.84. The van der Waals surface area contributed by atoms with Gasteiger partial charge in [0.1, 0.15) is 5.75 Å². The van der Waals surface area contributed by atoms with E-state index in [0.29, 0.717) is 10.8 Å². The van der Waals surface area contributed by atoms with Crippen LogP contribution in [0.1, 0.15) is 29.5 Å². The highest BCUT2D eigenvalue weighted by atomic mass is 35.5. The topological polar surface area (TPSA) is 84.5 Å². The number of halogens is 1. The Labute approximate surface area is 163 Å². The van der Waals surface area contributed by atoms with E-state index >= 15 is 0 Å². The molecule has 27 heavy (non-hydrogen) atoms. The Morgan fingerprint density at radius 1 is 1.11 bits per heavy atom. The number of aryl methyl sites for hydroxylation is 3. The smallest absolute Gasteiger partial charge is 0.272 e. The fraction of sp³-hybridized carbons (Fsp3) is 0.316. The van der Waals surface area contributed by atoms with Crippen molar-refractivity contribution >= 4 is 27.5 Å². The number of hydrogen-bond donors (Lipinski definition) is 2. The van der Waals surface area contributed by atoms with Crippen molar-refractivity contribution in [1.29, 1.82) is 0 Å². The molecule has 144 valence electrons. The van der Waals surface area contributed by atoms with Crippen molar-refractivity contribution in [2.45, 2.75) is 37.5 Å². The molecule has 1 aliphatic rings. The van der Waals surface area contributed by atoms with E-state index in [-0.39, 0.29) is 11.5 Å². The van der Waals surface area contributed by atoms with Crippen LogP contribution < -0.4 is 15.0 Å². The van der Waals surface area contributed by atoms with Crippen LogP contribution in [-0.4, -0.2) is 20.9 Å². The van der Waals surface area contributed by atoms with Gasteiger partial charge >= 0.3 is 0 Å². The van der Waals surface area contributed by atoms with Crippen molar-refractivity contribution in [1.82, 2.24) is 10.3 Å². The highest BCUT2D eigenvalue weighted by Gasteiger charge is 2.18. The first kappa shape index (κ1) is 19.7. The Bertz CT molecular complexity index is 960. The van der Waals surface area contributed by atoms with E-state index in [2.05, 4.69) is 10.3 Å². The predicted molar refractivity (Wildman–Crippen MR) is 103 cm³/mol. The molecule has 0 bridgehead atoms. The highest BCUT2D eigenvalue weighted by Crippen LogP contribution is 2.24. The van der Waals surface area contributed by atoms with Gasteiger partial charge in [-0.25, -0.2) is 8.42 Å². The fourth-order valence-corrected chi connectivity index (χ4v) is 3.98. The van der Waals surface area contributed by atoms with Gasteiger partial charge < -0.3 is 4.74 Å². The number of carbonyl (C=O) groups excluding carboxylic acids is 1. The molecule has 6 nitrogen and oxygen atoms in total. The van der Waals surface area contributed by atoms with Gasteiger partial charge in [-0.2, -0.15) is 0 Å². The third kappa shape index (κ3) is 5.00. The third-order valence-electron chi connectivity index (χ3n) is 4.45. The molecule has 0 heterocycles. The maximum atomic E-state index is 12.4. The van der Waals surface area contributed by atoms with Crippen LogP contribution in [0.4, 0.5) is 0 Å². The summed E-state index contributed by atoms with van der Waals surface area (Å²) in [4.78, 5) is 14.1. The number of benzene rings is 2. The zero-order valence-corrected chi connectivity index (χ0v) is 16.5. The van der Waals surface area contributed by atoms with Gasteiger partial charge in [-0.05, 0) is 79.6 Å². The second-order valence-electron chi connectivity index (χ2n) is 6.49. The number of hydrogen-bond acceptors (Lipinski definition) is 4. The van der Waals surface area contributed by atoms with E-state index in [4.69, 9.17) is 16.3 Å². The number of amides is 1. The standard InChI is InChI=1S/C19H21ClN2O4S/c1-13-10-16(7-9-18(13)20)26-12-19(23)21-22-27(24,25)17-8-6-14-4-2-3-5-15(14)11-17/h6-11,22H,2-5,12H2,1H3,(H,21,23). The molecule has 2 N–H and O–H groups in total. The van der Waals surface area contributed by atoms with Gasteiger partial charge in [0.15, 0.2) is 6.61 Å². The molecule has 0 atom stereocenters. The zero-order valence-electron chi connectivity index (χ0n) is 14.9. The largest absolute Gasteiger partial charge is 0.484 e. The van der Waals surface area contributed by atoms with Crippen molar-refractivity contribution < 1.29 is 17.9 Å². The monoisotopic (exact) mass is 408 g/mol. The van der Waals surface area contributed by atoms with Gasteiger partial charge in [-0.15, -0.1) is 4.83 Å².